The molecule has 1 heterocycles. The standard InChI is InChI=1S/C23H25NO6/c1-16-2-4-17(5-3-16)15-24-19(8-11-21(24)25)14-22(26)30-13-12-29-20-9-6-18(7-10-20)23(27)28/h2-7,9-10,19H,8,11-15H2,1H3,(H,27,28). The summed E-state index contributed by atoms with van der Waals surface area (Å²) in [7, 11) is 0. The number of hydrogen-bond acceptors (Lipinski definition) is 5. The van der Waals surface area contributed by atoms with Gasteiger partial charge >= 0.3 is 11.9 Å². The van der Waals surface area contributed by atoms with Crippen molar-refractivity contribution in [1.82, 2.24) is 4.90 Å². The van der Waals surface area contributed by atoms with Gasteiger partial charge in [0.2, 0.25) is 5.91 Å². The van der Waals surface area contributed by atoms with Crippen molar-refractivity contribution in [3.8, 4) is 5.75 Å². The predicted molar refractivity (Wildman–Crippen MR) is 109 cm³/mol. The fourth-order valence-electron chi connectivity index (χ4n) is 3.37. The van der Waals surface area contributed by atoms with Crippen molar-refractivity contribution >= 4 is 17.8 Å². The molecule has 158 valence electrons. The quantitative estimate of drug-likeness (QED) is 0.503. The summed E-state index contributed by atoms with van der Waals surface area (Å²) in [5, 5.41) is 8.87. The van der Waals surface area contributed by atoms with Crippen LogP contribution in [-0.4, -0.2) is 47.1 Å². The highest BCUT2D eigenvalue weighted by atomic mass is 16.6. The molecule has 1 N–H and O–H groups in total. The molecule has 1 atom stereocenters. The summed E-state index contributed by atoms with van der Waals surface area (Å²) in [4.78, 5) is 37.0. The molecule has 1 aliphatic heterocycles. The Morgan fingerprint density at radius 1 is 1.07 bits per heavy atom. The SMILES string of the molecule is Cc1ccc(CN2C(=O)CCC2CC(=O)OCCOc2ccc(C(=O)O)cc2)cc1. The van der Waals surface area contributed by atoms with Crippen LogP contribution in [0.25, 0.3) is 0 Å². The normalized spacial score (nSPS) is 15.8. The zero-order valence-electron chi connectivity index (χ0n) is 16.9. The number of esters is 1. The number of aryl methyl sites for hydroxylation is 1. The third kappa shape index (κ3) is 5.83. The first kappa shape index (κ1) is 21.4. The van der Waals surface area contributed by atoms with Gasteiger partial charge < -0.3 is 19.5 Å². The molecule has 3 rings (SSSR count). The summed E-state index contributed by atoms with van der Waals surface area (Å²) in [5.74, 6) is -0.811. The highest BCUT2D eigenvalue weighted by molar-refractivity contribution is 5.87. The van der Waals surface area contributed by atoms with Crippen molar-refractivity contribution in [2.45, 2.75) is 38.8 Å². The van der Waals surface area contributed by atoms with E-state index in [1.807, 2.05) is 31.2 Å². The molecule has 2 aromatic rings. The zero-order valence-corrected chi connectivity index (χ0v) is 16.9. The number of carboxylic acid groups (broad SMARTS) is 1. The molecule has 2 aromatic carbocycles. The summed E-state index contributed by atoms with van der Waals surface area (Å²) in [6.45, 7) is 2.75. The monoisotopic (exact) mass is 411 g/mol. The molecule has 0 aromatic heterocycles. The van der Waals surface area contributed by atoms with Crippen molar-refractivity contribution in [3.05, 3.63) is 65.2 Å². The van der Waals surface area contributed by atoms with E-state index in [4.69, 9.17) is 14.6 Å². The van der Waals surface area contributed by atoms with Crippen LogP contribution in [-0.2, 0) is 20.9 Å². The lowest BCUT2D eigenvalue weighted by atomic mass is 10.1. The van der Waals surface area contributed by atoms with Crippen LogP contribution in [0.4, 0.5) is 0 Å². The molecular formula is C23H25NO6. The Hall–Kier alpha value is -3.35. The molecule has 1 unspecified atom stereocenters. The number of aromatic carboxylic acids is 1. The molecule has 0 aliphatic carbocycles. The molecule has 0 radical (unpaired) electrons. The predicted octanol–water partition coefficient (Wildman–Crippen LogP) is 3.20. The molecule has 0 spiro atoms. The number of rotatable bonds is 9. The summed E-state index contributed by atoms with van der Waals surface area (Å²) < 4.78 is 10.7. The summed E-state index contributed by atoms with van der Waals surface area (Å²) in [5.41, 5.74) is 2.37. The van der Waals surface area contributed by atoms with Crippen LogP contribution in [0.5, 0.6) is 5.75 Å². The lowest BCUT2D eigenvalue weighted by Gasteiger charge is -2.24. The van der Waals surface area contributed by atoms with E-state index in [9.17, 15) is 14.4 Å². The van der Waals surface area contributed by atoms with Crippen LogP contribution in [0.1, 0.15) is 40.7 Å². The number of amides is 1. The van der Waals surface area contributed by atoms with E-state index >= 15 is 0 Å². The van der Waals surface area contributed by atoms with Crippen molar-refractivity contribution in [1.29, 1.82) is 0 Å². The van der Waals surface area contributed by atoms with Gasteiger partial charge in [-0.1, -0.05) is 29.8 Å². The van der Waals surface area contributed by atoms with E-state index in [0.717, 1.165) is 11.1 Å². The van der Waals surface area contributed by atoms with Crippen molar-refractivity contribution in [3.63, 3.8) is 0 Å². The van der Waals surface area contributed by atoms with Crippen molar-refractivity contribution in [2.75, 3.05) is 13.2 Å². The van der Waals surface area contributed by atoms with Gasteiger partial charge in [-0.25, -0.2) is 4.79 Å². The Labute approximate surface area is 175 Å². The second-order valence-corrected chi connectivity index (χ2v) is 7.30. The minimum absolute atomic E-state index is 0.0570. The maximum atomic E-state index is 12.2. The van der Waals surface area contributed by atoms with Gasteiger partial charge in [0.1, 0.15) is 19.0 Å². The molecule has 7 nitrogen and oxygen atoms in total. The average molecular weight is 411 g/mol. The number of carbonyl (C=O) groups excluding carboxylic acids is 2. The van der Waals surface area contributed by atoms with E-state index in [1.54, 1.807) is 17.0 Å². The van der Waals surface area contributed by atoms with E-state index in [1.165, 1.54) is 12.1 Å². The Morgan fingerprint density at radius 2 is 1.77 bits per heavy atom. The largest absolute Gasteiger partial charge is 0.490 e. The number of likely N-dealkylation sites (tertiary alicyclic amines) is 1. The van der Waals surface area contributed by atoms with E-state index in [-0.39, 0.29) is 43.1 Å². The molecule has 1 aliphatic rings. The second kappa shape index (κ2) is 9.91. The van der Waals surface area contributed by atoms with Crippen LogP contribution in [0.15, 0.2) is 48.5 Å². The van der Waals surface area contributed by atoms with E-state index in [2.05, 4.69) is 0 Å². The van der Waals surface area contributed by atoms with Crippen LogP contribution < -0.4 is 4.74 Å². The number of carbonyl (C=O) groups is 3. The summed E-state index contributed by atoms with van der Waals surface area (Å²) >= 11 is 0. The van der Waals surface area contributed by atoms with Gasteiger partial charge in [-0.2, -0.15) is 0 Å². The lowest BCUT2D eigenvalue weighted by Crippen LogP contribution is -2.34. The molecule has 1 saturated heterocycles. The Kier molecular flexibility index (Phi) is 7.06. The molecule has 1 amide bonds. The van der Waals surface area contributed by atoms with Gasteiger partial charge in [-0.15, -0.1) is 0 Å². The molecule has 0 saturated carbocycles. The van der Waals surface area contributed by atoms with Crippen molar-refractivity contribution in [2.24, 2.45) is 0 Å². The van der Waals surface area contributed by atoms with Gasteiger partial charge in [0.25, 0.3) is 0 Å². The Morgan fingerprint density at radius 3 is 2.43 bits per heavy atom. The number of carboxylic acids is 1. The number of hydrogen-bond donors (Lipinski definition) is 1. The fraction of sp³-hybridized carbons (Fsp3) is 0.348. The van der Waals surface area contributed by atoms with Crippen LogP contribution >= 0.6 is 0 Å². The molecule has 1 fully saturated rings. The third-order valence-electron chi connectivity index (χ3n) is 5.04. The zero-order chi connectivity index (χ0) is 21.5. The van der Waals surface area contributed by atoms with Gasteiger partial charge in [-0.05, 0) is 43.2 Å². The minimum Gasteiger partial charge on any atom is -0.490 e. The van der Waals surface area contributed by atoms with E-state index < -0.39 is 5.97 Å². The molecular weight excluding hydrogens is 386 g/mol. The number of benzene rings is 2. The first-order valence-electron chi connectivity index (χ1n) is 9.89. The van der Waals surface area contributed by atoms with Crippen LogP contribution in [0, 0.1) is 6.92 Å². The summed E-state index contributed by atoms with van der Waals surface area (Å²) in [6, 6.07) is 13.9. The first-order valence-corrected chi connectivity index (χ1v) is 9.89. The fourth-order valence-corrected chi connectivity index (χ4v) is 3.37. The van der Waals surface area contributed by atoms with Crippen LogP contribution in [0.2, 0.25) is 0 Å². The average Bonchev–Trinajstić information content (AvgIpc) is 3.06. The topological polar surface area (TPSA) is 93.1 Å². The Bertz CT molecular complexity index is 891. The highest BCUT2D eigenvalue weighted by Gasteiger charge is 2.32. The second-order valence-electron chi connectivity index (χ2n) is 7.30. The maximum absolute atomic E-state index is 12.2. The number of ether oxygens (including phenoxy) is 2. The molecule has 30 heavy (non-hydrogen) atoms. The highest BCUT2D eigenvalue weighted by Crippen LogP contribution is 2.24. The van der Waals surface area contributed by atoms with Gasteiger partial charge in [0.05, 0.1) is 12.0 Å². The van der Waals surface area contributed by atoms with Gasteiger partial charge in [0, 0.05) is 19.0 Å². The first-order chi connectivity index (χ1) is 14.4. The maximum Gasteiger partial charge on any atom is 0.335 e. The molecule has 0 bridgehead atoms. The van der Waals surface area contributed by atoms with Crippen LogP contribution in [0.3, 0.4) is 0 Å². The summed E-state index contributed by atoms with van der Waals surface area (Å²) in [6.07, 6.45) is 1.25. The smallest absolute Gasteiger partial charge is 0.335 e. The van der Waals surface area contributed by atoms with Gasteiger partial charge in [0.15, 0.2) is 0 Å². The minimum atomic E-state index is -1.00. The number of nitrogens with zero attached hydrogens (tertiary/aromatic N) is 1. The van der Waals surface area contributed by atoms with Gasteiger partial charge in [-0.3, -0.25) is 9.59 Å². The lowest BCUT2D eigenvalue weighted by molar-refractivity contribution is -0.146. The molecule has 7 heteroatoms. The van der Waals surface area contributed by atoms with E-state index in [0.29, 0.717) is 25.1 Å². The Balaban J connectivity index is 1.42. The third-order valence-corrected chi connectivity index (χ3v) is 5.04. The van der Waals surface area contributed by atoms with Crippen molar-refractivity contribution < 1.29 is 29.0 Å².